The Hall–Kier alpha value is -3.36. The average molecular weight is 438 g/mol. The standard InChI is InChI=1S/C23H27N5O4/c1-22(2,3)28-13-18-19(25-28)17(29)12-23(32-18)7-9-27(10-8-23)20(30)14-5-6-16-15(11-14)24-21(31)26(16)4/h5-6,11,13H,7-10,12H2,1-4H3,(H,24,31). The lowest BCUT2D eigenvalue weighted by Crippen LogP contribution is -2.52. The molecule has 1 N–H and O–H groups in total. The maximum Gasteiger partial charge on any atom is 0.326 e. The number of aryl methyl sites for hydroxylation is 1. The van der Waals surface area contributed by atoms with E-state index in [1.54, 1.807) is 34.8 Å². The fourth-order valence-corrected chi connectivity index (χ4v) is 4.56. The van der Waals surface area contributed by atoms with E-state index in [2.05, 4.69) is 10.1 Å². The molecule has 1 spiro atoms. The molecule has 0 radical (unpaired) electrons. The third kappa shape index (κ3) is 3.23. The van der Waals surface area contributed by atoms with Crippen molar-refractivity contribution in [1.29, 1.82) is 0 Å². The van der Waals surface area contributed by atoms with Gasteiger partial charge in [-0.25, -0.2) is 4.79 Å². The van der Waals surface area contributed by atoms with Crippen molar-refractivity contribution >= 4 is 22.7 Å². The minimum Gasteiger partial charge on any atom is -0.483 e. The first kappa shape index (κ1) is 20.5. The van der Waals surface area contributed by atoms with Crippen LogP contribution in [-0.2, 0) is 12.6 Å². The van der Waals surface area contributed by atoms with E-state index in [-0.39, 0.29) is 29.3 Å². The number of ketones is 1. The maximum absolute atomic E-state index is 13.1. The van der Waals surface area contributed by atoms with Crippen LogP contribution in [0.15, 0.2) is 29.2 Å². The monoisotopic (exact) mass is 437 g/mol. The first-order valence-corrected chi connectivity index (χ1v) is 10.9. The molecule has 0 unspecified atom stereocenters. The molecule has 9 heteroatoms. The zero-order chi connectivity index (χ0) is 22.8. The van der Waals surface area contributed by atoms with Crippen LogP contribution in [-0.4, -0.2) is 54.6 Å². The zero-order valence-electron chi connectivity index (χ0n) is 18.8. The molecule has 1 saturated heterocycles. The van der Waals surface area contributed by atoms with Crippen molar-refractivity contribution in [1.82, 2.24) is 24.2 Å². The predicted octanol–water partition coefficient (Wildman–Crippen LogP) is 2.46. The lowest BCUT2D eigenvalue weighted by atomic mass is 9.83. The van der Waals surface area contributed by atoms with E-state index in [0.717, 1.165) is 5.52 Å². The molecule has 0 aliphatic carbocycles. The number of likely N-dealkylation sites (tertiary alicyclic amines) is 1. The first-order valence-electron chi connectivity index (χ1n) is 10.9. The second kappa shape index (κ2) is 6.82. The van der Waals surface area contributed by atoms with Gasteiger partial charge in [0, 0.05) is 38.5 Å². The Morgan fingerprint density at radius 1 is 1.19 bits per heavy atom. The molecule has 2 aliphatic rings. The Balaban J connectivity index is 1.33. The van der Waals surface area contributed by atoms with Gasteiger partial charge in [-0.1, -0.05) is 0 Å². The number of aromatic nitrogens is 4. The number of carbonyl (C=O) groups is 2. The number of carbonyl (C=O) groups excluding carboxylic acids is 2. The Labute approximate surface area is 185 Å². The highest BCUT2D eigenvalue weighted by molar-refractivity contribution is 5.99. The highest BCUT2D eigenvalue weighted by Gasteiger charge is 2.45. The van der Waals surface area contributed by atoms with Crippen LogP contribution >= 0.6 is 0 Å². The number of nitrogens with one attached hydrogen (secondary N) is 1. The normalized spacial score (nSPS) is 18.1. The van der Waals surface area contributed by atoms with Crippen LogP contribution in [0.3, 0.4) is 0 Å². The molecule has 2 aromatic heterocycles. The number of amides is 1. The van der Waals surface area contributed by atoms with E-state index in [1.807, 2.05) is 27.0 Å². The first-order chi connectivity index (χ1) is 15.1. The zero-order valence-corrected chi connectivity index (χ0v) is 18.8. The van der Waals surface area contributed by atoms with Crippen LogP contribution < -0.4 is 10.4 Å². The molecule has 9 nitrogen and oxygen atoms in total. The summed E-state index contributed by atoms with van der Waals surface area (Å²) in [6, 6.07) is 5.25. The van der Waals surface area contributed by atoms with Gasteiger partial charge >= 0.3 is 5.69 Å². The van der Waals surface area contributed by atoms with Gasteiger partial charge in [-0.3, -0.25) is 18.8 Å². The van der Waals surface area contributed by atoms with Gasteiger partial charge in [-0.05, 0) is 39.0 Å². The van der Waals surface area contributed by atoms with Crippen molar-refractivity contribution in [2.24, 2.45) is 7.05 Å². The van der Waals surface area contributed by atoms with Crippen molar-refractivity contribution in [3.8, 4) is 5.75 Å². The number of piperidine rings is 1. The summed E-state index contributed by atoms with van der Waals surface area (Å²) in [5.41, 5.74) is 1.28. The molecule has 0 bridgehead atoms. The minimum absolute atomic E-state index is 0.00694. The molecule has 0 atom stereocenters. The highest BCUT2D eigenvalue weighted by atomic mass is 16.5. The van der Waals surface area contributed by atoms with Crippen LogP contribution in [0.4, 0.5) is 0 Å². The lowest BCUT2D eigenvalue weighted by Gasteiger charge is -2.43. The Morgan fingerprint density at radius 3 is 2.59 bits per heavy atom. The molecule has 1 amide bonds. The summed E-state index contributed by atoms with van der Waals surface area (Å²) >= 11 is 0. The molecule has 1 aromatic carbocycles. The summed E-state index contributed by atoms with van der Waals surface area (Å²) in [5, 5.41) is 4.45. The molecule has 168 valence electrons. The smallest absolute Gasteiger partial charge is 0.326 e. The predicted molar refractivity (Wildman–Crippen MR) is 118 cm³/mol. The fourth-order valence-electron chi connectivity index (χ4n) is 4.56. The molecular weight excluding hydrogens is 410 g/mol. The molecule has 3 aromatic rings. The number of Topliss-reactive ketones (excluding diaryl/α,β-unsaturated/α-hetero) is 1. The lowest BCUT2D eigenvalue weighted by molar-refractivity contribution is -0.00586. The number of benzene rings is 1. The molecule has 1 fully saturated rings. The van der Waals surface area contributed by atoms with Gasteiger partial charge in [0.1, 0.15) is 5.60 Å². The number of nitrogens with zero attached hydrogens (tertiary/aromatic N) is 4. The van der Waals surface area contributed by atoms with Crippen LogP contribution in [0.25, 0.3) is 11.0 Å². The average Bonchev–Trinajstić information content (AvgIpc) is 3.29. The number of fused-ring (bicyclic) bond motifs is 2. The molecule has 5 rings (SSSR count). The van der Waals surface area contributed by atoms with E-state index < -0.39 is 5.60 Å². The van der Waals surface area contributed by atoms with E-state index in [9.17, 15) is 14.4 Å². The second-order valence-electron chi connectivity index (χ2n) is 9.86. The summed E-state index contributed by atoms with van der Waals surface area (Å²) in [5.74, 6) is 0.441. The van der Waals surface area contributed by atoms with Crippen molar-refractivity contribution < 1.29 is 14.3 Å². The van der Waals surface area contributed by atoms with Gasteiger partial charge in [0.15, 0.2) is 17.2 Å². The van der Waals surface area contributed by atoms with E-state index >= 15 is 0 Å². The van der Waals surface area contributed by atoms with Gasteiger partial charge in [0.2, 0.25) is 0 Å². The summed E-state index contributed by atoms with van der Waals surface area (Å²) < 4.78 is 9.62. The fraction of sp³-hybridized carbons (Fsp3) is 0.478. The quantitative estimate of drug-likeness (QED) is 0.630. The van der Waals surface area contributed by atoms with Gasteiger partial charge in [0.25, 0.3) is 5.91 Å². The van der Waals surface area contributed by atoms with E-state index in [4.69, 9.17) is 4.74 Å². The minimum atomic E-state index is -0.596. The summed E-state index contributed by atoms with van der Waals surface area (Å²) in [4.78, 5) is 42.3. The molecule has 2 aliphatic heterocycles. The van der Waals surface area contributed by atoms with Gasteiger partial charge in [-0.2, -0.15) is 5.10 Å². The Kier molecular flexibility index (Phi) is 4.38. The third-order valence-corrected chi connectivity index (χ3v) is 6.55. The number of hydrogen-bond acceptors (Lipinski definition) is 5. The highest BCUT2D eigenvalue weighted by Crippen LogP contribution is 2.39. The van der Waals surface area contributed by atoms with Crippen LogP contribution in [0.2, 0.25) is 0 Å². The van der Waals surface area contributed by atoms with E-state index in [0.29, 0.717) is 48.5 Å². The number of imidazole rings is 1. The largest absolute Gasteiger partial charge is 0.483 e. The topological polar surface area (TPSA) is 102 Å². The van der Waals surface area contributed by atoms with Crippen LogP contribution in [0, 0.1) is 0 Å². The van der Waals surface area contributed by atoms with Gasteiger partial charge < -0.3 is 14.6 Å². The SMILES string of the molecule is Cn1c(=O)[nH]c2cc(C(=O)N3CCC4(CC3)CC(=O)c3nn(C(C)(C)C)cc3O4)ccc21. The molecule has 32 heavy (non-hydrogen) atoms. The van der Waals surface area contributed by atoms with Crippen molar-refractivity contribution in [2.75, 3.05) is 13.1 Å². The summed E-state index contributed by atoms with van der Waals surface area (Å²) in [6.45, 7) is 7.07. The molecule has 4 heterocycles. The van der Waals surface area contributed by atoms with Crippen molar-refractivity contribution in [3.63, 3.8) is 0 Å². The van der Waals surface area contributed by atoms with E-state index in [1.165, 1.54) is 4.57 Å². The summed E-state index contributed by atoms with van der Waals surface area (Å²) in [6.07, 6.45) is 3.24. The third-order valence-electron chi connectivity index (χ3n) is 6.55. The number of hydrogen-bond donors (Lipinski definition) is 1. The number of aromatic amines is 1. The maximum atomic E-state index is 13.1. The number of H-pyrrole nitrogens is 1. The van der Waals surface area contributed by atoms with Crippen molar-refractivity contribution in [3.05, 3.63) is 46.1 Å². The Bertz CT molecular complexity index is 1300. The molecule has 0 saturated carbocycles. The number of ether oxygens (including phenoxy) is 1. The van der Waals surface area contributed by atoms with Crippen LogP contribution in [0.1, 0.15) is 60.9 Å². The summed E-state index contributed by atoms with van der Waals surface area (Å²) in [7, 11) is 1.69. The van der Waals surface area contributed by atoms with Gasteiger partial charge in [0.05, 0.1) is 29.2 Å². The van der Waals surface area contributed by atoms with Gasteiger partial charge in [-0.15, -0.1) is 0 Å². The van der Waals surface area contributed by atoms with Crippen LogP contribution in [0.5, 0.6) is 5.75 Å². The Morgan fingerprint density at radius 2 is 1.91 bits per heavy atom. The second-order valence-corrected chi connectivity index (χ2v) is 9.86. The number of rotatable bonds is 1. The molecular formula is C23H27N5O4. The van der Waals surface area contributed by atoms with Crippen molar-refractivity contribution in [2.45, 2.75) is 51.2 Å².